The molecule has 204 valence electrons. The van der Waals surface area contributed by atoms with E-state index in [0.29, 0.717) is 19.3 Å². The second-order valence-electron chi connectivity index (χ2n) is 12.1. The lowest BCUT2D eigenvalue weighted by Gasteiger charge is -2.40. The molecule has 0 radical (unpaired) electrons. The van der Waals surface area contributed by atoms with E-state index in [9.17, 15) is 9.59 Å². The number of ether oxygens (including phenoxy) is 1. The van der Waals surface area contributed by atoms with Crippen LogP contribution in [0.2, 0.25) is 0 Å². The third-order valence-electron chi connectivity index (χ3n) is 8.79. The molecule has 1 unspecified atom stereocenters. The molecule has 3 N–H and O–H groups in total. The molecular weight excluding hydrogens is 490 g/mol. The summed E-state index contributed by atoms with van der Waals surface area (Å²) in [5.74, 6) is 0.700. The van der Waals surface area contributed by atoms with Crippen LogP contribution in [-0.4, -0.2) is 38.8 Å². The van der Waals surface area contributed by atoms with Crippen LogP contribution in [0.15, 0.2) is 53.8 Å². The number of fused-ring (bicyclic) bond motifs is 4. The van der Waals surface area contributed by atoms with E-state index in [-0.39, 0.29) is 41.7 Å². The quantitative estimate of drug-likeness (QED) is 0.589. The summed E-state index contributed by atoms with van der Waals surface area (Å²) in [5.41, 5.74) is 8.59. The normalized spacial score (nSPS) is 32.3. The molecule has 4 bridgehead atoms. The van der Waals surface area contributed by atoms with Crippen molar-refractivity contribution in [3.63, 3.8) is 0 Å². The molecule has 1 aromatic carbocycles. The molecule has 1 aliphatic carbocycles. The van der Waals surface area contributed by atoms with Crippen LogP contribution in [0.1, 0.15) is 88.1 Å². The van der Waals surface area contributed by atoms with Crippen LogP contribution in [0, 0.1) is 11.8 Å². The number of nitrogens with one attached hydrogen (secondary N) is 1. The molecular formula is C31H37N5O3. The maximum atomic E-state index is 13.8. The average Bonchev–Trinajstić information content (AvgIpc) is 3.69. The smallest absolute Gasteiger partial charge is 0.232 e. The molecule has 5 aliphatic rings. The largest absolute Gasteiger partial charge is 0.487 e. The average molecular weight is 528 g/mol. The Morgan fingerprint density at radius 1 is 1.23 bits per heavy atom. The number of guanidine groups is 1. The zero-order chi connectivity index (χ0) is 27.4. The Morgan fingerprint density at radius 2 is 2.08 bits per heavy atom. The summed E-state index contributed by atoms with van der Waals surface area (Å²) in [6, 6.07) is 9.45. The highest BCUT2D eigenvalue weighted by Crippen LogP contribution is 2.52. The van der Waals surface area contributed by atoms with Gasteiger partial charge in [0.1, 0.15) is 11.4 Å². The van der Waals surface area contributed by atoms with Crippen LogP contribution < -0.4 is 15.8 Å². The van der Waals surface area contributed by atoms with Crippen LogP contribution in [0.25, 0.3) is 6.08 Å². The molecule has 8 nitrogen and oxygen atoms in total. The van der Waals surface area contributed by atoms with Crippen molar-refractivity contribution in [3.05, 3.63) is 65.5 Å². The molecule has 7 rings (SSSR count). The number of hydrogen-bond acceptors (Lipinski definition) is 6. The lowest BCUT2D eigenvalue weighted by molar-refractivity contribution is -0.132. The fourth-order valence-corrected chi connectivity index (χ4v) is 6.61. The van der Waals surface area contributed by atoms with Crippen molar-refractivity contribution in [1.29, 1.82) is 0 Å². The van der Waals surface area contributed by atoms with Crippen LogP contribution in [0.4, 0.5) is 0 Å². The number of nitrogens with zero attached hydrogens (tertiary/aromatic N) is 3. The van der Waals surface area contributed by atoms with Gasteiger partial charge in [0.25, 0.3) is 0 Å². The van der Waals surface area contributed by atoms with Crippen LogP contribution >= 0.6 is 0 Å². The Balaban J connectivity index is 1.42. The summed E-state index contributed by atoms with van der Waals surface area (Å²) in [4.78, 5) is 38.4. The van der Waals surface area contributed by atoms with Crippen molar-refractivity contribution in [2.24, 2.45) is 22.6 Å². The molecule has 5 atom stereocenters. The van der Waals surface area contributed by atoms with Crippen molar-refractivity contribution in [1.82, 2.24) is 15.2 Å². The number of carbonyl (C=O) groups is 2. The lowest BCUT2D eigenvalue weighted by atomic mass is 9.85. The number of aromatic nitrogens is 1. The number of benzene rings is 1. The number of aliphatic imine (C=N–C) groups is 1. The number of amides is 2. The van der Waals surface area contributed by atoms with Gasteiger partial charge in [-0.1, -0.05) is 31.2 Å². The van der Waals surface area contributed by atoms with Crippen LogP contribution in [-0.2, 0) is 9.59 Å². The summed E-state index contributed by atoms with van der Waals surface area (Å²) in [6.45, 7) is 6.17. The van der Waals surface area contributed by atoms with Gasteiger partial charge >= 0.3 is 0 Å². The molecule has 1 saturated carbocycles. The van der Waals surface area contributed by atoms with Gasteiger partial charge in [0, 0.05) is 30.3 Å². The predicted molar refractivity (Wildman–Crippen MR) is 150 cm³/mol. The second-order valence-corrected chi connectivity index (χ2v) is 12.1. The first-order chi connectivity index (χ1) is 18.7. The summed E-state index contributed by atoms with van der Waals surface area (Å²) < 4.78 is 6.28. The van der Waals surface area contributed by atoms with E-state index in [1.165, 1.54) is 0 Å². The Kier molecular flexibility index (Phi) is 6.24. The van der Waals surface area contributed by atoms with Gasteiger partial charge < -0.3 is 15.8 Å². The molecule has 2 aromatic rings. The molecule has 8 heteroatoms. The van der Waals surface area contributed by atoms with Gasteiger partial charge in [0.05, 0.1) is 24.0 Å². The summed E-state index contributed by atoms with van der Waals surface area (Å²) in [6.07, 6.45) is 11.6. The fourth-order valence-electron chi connectivity index (χ4n) is 6.61. The minimum absolute atomic E-state index is 0.00400. The van der Waals surface area contributed by atoms with Crippen LogP contribution in [0.3, 0.4) is 0 Å². The van der Waals surface area contributed by atoms with E-state index >= 15 is 0 Å². The van der Waals surface area contributed by atoms with E-state index in [1.54, 1.807) is 17.3 Å². The zero-order valence-electron chi connectivity index (χ0n) is 22.9. The lowest BCUT2D eigenvalue weighted by Crippen LogP contribution is -2.53. The summed E-state index contributed by atoms with van der Waals surface area (Å²) >= 11 is 0. The van der Waals surface area contributed by atoms with Crippen molar-refractivity contribution >= 4 is 23.8 Å². The Morgan fingerprint density at radius 3 is 2.82 bits per heavy atom. The molecule has 5 heterocycles. The van der Waals surface area contributed by atoms with Gasteiger partial charge in [-0.3, -0.25) is 19.5 Å². The molecule has 4 aliphatic heterocycles. The van der Waals surface area contributed by atoms with Gasteiger partial charge in [0.2, 0.25) is 11.8 Å². The second kappa shape index (κ2) is 9.50. The zero-order valence-corrected chi connectivity index (χ0v) is 22.9. The number of nitrogens with two attached hydrogens (primary N) is 1. The molecule has 0 spiro atoms. The number of carbonyl (C=O) groups excluding carboxylic acids is 2. The van der Waals surface area contributed by atoms with Crippen LogP contribution in [0.5, 0.6) is 5.75 Å². The van der Waals surface area contributed by atoms with Gasteiger partial charge in [0.15, 0.2) is 5.96 Å². The van der Waals surface area contributed by atoms with Crippen molar-refractivity contribution in [2.45, 2.75) is 82.5 Å². The Labute approximate surface area is 229 Å². The third kappa shape index (κ3) is 4.81. The van der Waals surface area contributed by atoms with Crippen molar-refractivity contribution in [3.8, 4) is 5.75 Å². The maximum Gasteiger partial charge on any atom is 0.232 e. The van der Waals surface area contributed by atoms with E-state index in [2.05, 4.69) is 49.3 Å². The molecule has 1 aromatic heterocycles. The molecule has 39 heavy (non-hydrogen) atoms. The Bertz CT molecular complexity index is 1350. The first kappa shape index (κ1) is 25.6. The predicted octanol–water partition coefficient (Wildman–Crippen LogP) is 4.68. The summed E-state index contributed by atoms with van der Waals surface area (Å²) in [7, 11) is 0. The monoisotopic (exact) mass is 527 g/mol. The number of hydrogen-bond donors (Lipinski definition) is 2. The molecule has 0 saturated heterocycles. The molecule has 1 fully saturated rings. The van der Waals surface area contributed by atoms with Gasteiger partial charge in [-0.05, 0) is 74.8 Å². The van der Waals surface area contributed by atoms with Gasteiger partial charge in [-0.15, -0.1) is 0 Å². The standard InChI is InChI=1S/C31H37N5O3/c1-4-31-12-6-5-8-19-10-11-25-23(14-19)24(16-30(2,3)39-25)34-28(38)22-15-21(22)27(20-9-7-13-33-18-20)36(26(37)17-31)29(32)35-31/h5,7-11,13-14,18,21-22,24,27H,4,6,12,15-17H2,1-3H3,(H2,32,35)(H,34,38)/b8-5+/t21-,22-,24-,27?,31+/m0/s1. The first-order valence-electron chi connectivity index (χ1n) is 14.1. The first-order valence-corrected chi connectivity index (χ1v) is 14.1. The Hall–Kier alpha value is -3.68. The highest BCUT2D eigenvalue weighted by Gasteiger charge is 2.54. The number of pyridine rings is 1. The number of rotatable bonds is 2. The van der Waals surface area contributed by atoms with Crippen molar-refractivity contribution < 1.29 is 14.3 Å². The topological polar surface area (TPSA) is 110 Å². The van der Waals surface area contributed by atoms with E-state index < -0.39 is 11.1 Å². The third-order valence-corrected chi connectivity index (χ3v) is 8.79. The number of allylic oxidation sites excluding steroid dienone is 1. The fraction of sp³-hybridized carbons (Fsp3) is 0.484. The summed E-state index contributed by atoms with van der Waals surface area (Å²) in [5, 5.41) is 3.34. The van der Waals surface area contributed by atoms with Gasteiger partial charge in [-0.2, -0.15) is 0 Å². The van der Waals surface area contributed by atoms with E-state index in [0.717, 1.165) is 41.7 Å². The highest BCUT2D eigenvalue weighted by atomic mass is 16.5. The van der Waals surface area contributed by atoms with Gasteiger partial charge in [-0.25, -0.2) is 4.99 Å². The molecule has 2 amide bonds. The minimum atomic E-state index is -0.532. The van der Waals surface area contributed by atoms with Crippen molar-refractivity contribution in [2.75, 3.05) is 0 Å². The van der Waals surface area contributed by atoms with E-state index in [4.69, 9.17) is 15.5 Å². The maximum absolute atomic E-state index is 13.8. The van der Waals surface area contributed by atoms with E-state index in [1.807, 2.05) is 24.3 Å². The minimum Gasteiger partial charge on any atom is -0.487 e. The highest BCUT2D eigenvalue weighted by molar-refractivity contribution is 6.00. The SMILES string of the molecule is CC[C@@]12CC/C=C/c3ccc4c(c3)[C@H](CC(C)(C)O4)NC(=O)[C@H]3C[C@@H]3C(c3cccnc3)N(C(=O)C1)C(N)=N2.